The lowest BCUT2D eigenvalue weighted by Gasteiger charge is -2.35. The Balaban J connectivity index is 1.97. The maximum Gasteiger partial charge on any atom is 0.225 e. The molecule has 20 heavy (non-hydrogen) atoms. The molecule has 0 bridgehead atoms. The average Bonchev–Trinajstić information content (AvgIpc) is 2.37. The highest BCUT2D eigenvalue weighted by Crippen LogP contribution is 2.26. The fourth-order valence-electron chi connectivity index (χ4n) is 2.51. The van der Waals surface area contributed by atoms with E-state index in [1.807, 2.05) is 11.8 Å². The predicted molar refractivity (Wildman–Crippen MR) is 79.1 cm³/mol. The summed E-state index contributed by atoms with van der Waals surface area (Å²) in [7, 11) is 0. The second-order valence-electron chi connectivity index (χ2n) is 5.33. The molecule has 2 rings (SSSR count). The van der Waals surface area contributed by atoms with Crippen LogP contribution in [0.15, 0.2) is 24.3 Å². The highest BCUT2D eigenvalue weighted by Gasteiger charge is 2.27. The molecule has 0 spiro atoms. The summed E-state index contributed by atoms with van der Waals surface area (Å²) in [5.41, 5.74) is 0.450. The van der Waals surface area contributed by atoms with E-state index in [9.17, 15) is 14.3 Å². The largest absolute Gasteiger partial charge is 0.388 e. The van der Waals surface area contributed by atoms with Gasteiger partial charge in [-0.25, -0.2) is 4.39 Å². The molecular weight excluding hydrogens is 277 g/mol. The van der Waals surface area contributed by atoms with E-state index < -0.39 is 11.9 Å². The number of aliphatic hydroxyl groups excluding tert-OH is 1. The predicted octanol–water partition coefficient (Wildman–Crippen LogP) is 2.60. The van der Waals surface area contributed by atoms with Crippen molar-refractivity contribution < 1.29 is 14.3 Å². The Hall–Kier alpha value is -1.07. The van der Waals surface area contributed by atoms with E-state index >= 15 is 0 Å². The summed E-state index contributed by atoms with van der Waals surface area (Å²) in [6, 6.07) is 5.77. The van der Waals surface area contributed by atoms with Crippen LogP contribution < -0.4 is 0 Å². The Labute approximate surface area is 123 Å². The first-order chi connectivity index (χ1) is 9.45. The first-order valence-corrected chi connectivity index (χ1v) is 7.76. The molecule has 0 saturated carbocycles. The number of rotatable bonds is 3. The monoisotopic (exact) mass is 297 g/mol. The molecule has 1 N–H and O–H groups in total. The molecule has 3 nitrogen and oxygen atoms in total. The molecule has 1 heterocycles. The van der Waals surface area contributed by atoms with Crippen molar-refractivity contribution in [2.24, 2.45) is 0 Å². The first kappa shape index (κ1) is 15.3. The summed E-state index contributed by atoms with van der Waals surface area (Å²) in [6.45, 7) is 5.63. The van der Waals surface area contributed by atoms with Crippen molar-refractivity contribution in [2.45, 2.75) is 36.9 Å². The van der Waals surface area contributed by atoms with E-state index in [0.29, 0.717) is 29.2 Å². The molecule has 110 valence electrons. The summed E-state index contributed by atoms with van der Waals surface area (Å²) in [5.74, 6) is -0.466. The lowest BCUT2D eigenvalue weighted by atomic mass is 10.1. The summed E-state index contributed by atoms with van der Waals surface area (Å²) in [5, 5.41) is 10.9. The molecule has 1 aliphatic heterocycles. The van der Waals surface area contributed by atoms with E-state index in [1.54, 1.807) is 17.0 Å². The number of carbonyl (C=O) groups excluding carboxylic acids is 1. The van der Waals surface area contributed by atoms with Gasteiger partial charge in [-0.15, -0.1) is 0 Å². The third-order valence-corrected chi connectivity index (χ3v) is 4.60. The topological polar surface area (TPSA) is 40.5 Å². The standard InChI is InChI=1S/C15H20FNO2S/c1-10-8-17(9-11(2)20-10)15(19)7-14(18)12-4-3-5-13(16)6-12/h3-6,10-11,14,18H,7-9H2,1-2H3. The Morgan fingerprint density at radius 3 is 2.70 bits per heavy atom. The fraction of sp³-hybridized carbons (Fsp3) is 0.533. The Morgan fingerprint density at radius 1 is 1.45 bits per heavy atom. The Bertz CT molecular complexity index is 473. The van der Waals surface area contributed by atoms with Gasteiger partial charge in [0.2, 0.25) is 5.91 Å². The third kappa shape index (κ3) is 3.96. The number of thioether (sulfide) groups is 1. The number of halogens is 1. The number of benzene rings is 1. The van der Waals surface area contributed by atoms with Crippen LogP contribution in [0.5, 0.6) is 0 Å². The van der Waals surface area contributed by atoms with Crippen molar-refractivity contribution in [1.29, 1.82) is 0 Å². The second-order valence-corrected chi connectivity index (χ2v) is 7.21. The van der Waals surface area contributed by atoms with Gasteiger partial charge in [-0.05, 0) is 17.7 Å². The number of aliphatic hydroxyl groups is 1. The van der Waals surface area contributed by atoms with Crippen molar-refractivity contribution in [3.05, 3.63) is 35.6 Å². The molecule has 0 radical (unpaired) electrons. The van der Waals surface area contributed by atoms with Crippen LogP contribution in [0.25, 0.3) is 0 Å². The van der Waals surface area contributed by atoms with Gasteiger partial charge < -0.3 is 10.0 Å². The highest BCUT2D eigenvalue weighted by atomic mass is 32.2. The molecule has 1 aliphatic rings. The van der Waals surface area contributed by atoms with Gasteiger partial charge in [0, 0.05) is 23.6 Å². The van der Waals surface area contributed by atoms with Crippen molar-refractivity contribution in [2.75, 3.05) is 13.1 Å². The molecule has 5 heteroatoms. The fourth-order valence-corrected chi connectivity index (χ4v) is 3.83. The van der Waals surface area contributed by atoms with Gasteiger partial charge in [0.15, 0.2) is 0 Å². The molecule has 1 fully saturated rings. The van der Waals surface area contributed by atoms with E-state index in [2.05, 4.69) is 13.8 Å². The van der Waals surface area contributed by atoms with Crippen LogP contribution in [0.2, 0.25) is 0 Å². The molecule has 1 aromatic rings. The molecule has 3 atom stereocenters. The summed E-state index contributed by atoms with van der Waals surface area (Å²) in [6.07, 6.45) is -0.938. The van der Waals surface area contributed by atoms with Crippen LogP contribution >= 0.6 is 11.8 Å². The van der Waals surface area contributed by atoms with Crippen LogP contribution in [-0.4, -0.2) is 39.5 Å². The number of hydrogen-bond donors (Lipinski definition) is 1. The molecular formula is C15H20FNO2S. The molecule has 1 saturated heterocycles. The minimum Gasteiger partial charge on any atom is -0.388 e. The maximum absolute atomic E-state index is 13.1. The highest BCUT2D eigenvalue weighted by molar-refractivity contribution is 8.00. The molecule has 1 aromatic carbocycles. The second kappa shape index (κ2) is 6.59. The number of carbonyl (C=O) groups is 1. The quantitative estimate of drug-likeness (QED) is 0.932. The smallest absolute Gasteiger partial charge is 0.225 e. The zero-order valence-corrected chi connectivity index (χ0v) is 12.6. The lowest BCUT2D eigenvalue weighted by Crippen LogP contribution is -2.44. The number of nitrogens with zero attached hydrogens (tertiary/aromatic N) is 1. The minimum absolute atomic E-state index is 0.00750. The van der Waals surface area contributed by atoms with E-state index in [0.717, 1.165) is 0 Å². The van der Waals surface area contributed by atoms with Crippen molar-refractivity contribution in [1.82, 2.24) is 4.90 Å². The summed E-state index contributed by atoms with van der Waals surface area (Å²) in [4.78, 5) is 14.0. The maximum atomic E-state index is 13.1. The number of amides is 1. The van der Waals surface area contributed by atoms with Gasteiger partial charge in [-0.2, -0.15) is 11.8 Å². The molecule has 0 aliphatic carbocycles. The third-order valence-electron chi connectivity index (χ3n) is 3.37. The Kier molecular flexibility index (Phi) is 5.05. The van der Waals surface area contributed by atoms with E-state index in [4.69, 9.17) is 0 Å². The normalized spacial score (nSPS) is 24.5. The first-order valence-electron chi connectivity index (χ1n) is 6.82. The molecule has 1 amide bonds. The SMILES string of the molecule is CC1CN(C(=O)CC(O)c2cccc(F)c2)CC(C)S1. The van der Waals surface area contributed by atoms with Gasteiger partial charge in [0.1, 0.15) is 5.82 Å². The van der Waals surface area contributed by atoms with E-state index in [-0.39, 0.29) is 12.3 Å². The van der Waals surface area contributed by atoms with Gasteiger partial charge >= 0.3 is 0 Å². The lowest BCUT2D eigenvalue weighted by molar-refractivity contribution is -0.133. The summed E-state index contributed by atoms with van der Waals surface area (Å²) < 4.78 is 13.1. The summed E-state index contributed by atoms with van der Waals surface area (Å²) >= 11 is 1.87. The minimum atomic E-state index is -0.946. The Morgan fingerprint density at radius 2 is 2.10 bits per heavy atom. The molecule has 3 unspecified atom stereocenters. The zero-order valence-electron chi connectivity index (χ0n) is 11.8. The van der Waals surface area contributed by atoms with Crippen LogP contribution in [-0.2, 0) is 4.79 Å². The number of hydrogen-bond acceptors (Lipinski definition) is 3. The molecule has 0 aromatic heterocycles. The van der Waals surface area contributed by atoms with E-state index in [1.165, 1.54) is 12.1 Å². The van der Waals surface area contributed by atoms with Crippen LogP contribution in [0.3, 0.4) is 0 Å². The van der Waals surface area contributed by atoms with Gasteiger partial charge in [-0.3, -0.25) is 4.79 Å². The van der Waals surface area contributed by atoms with Gasteiger partial charge in [0.25, 0.3) is 0 Å². The van der Waals surface area contributed by atoms with Gasteiger partial charge in [-0.1, -0.05) is 26.0 Å². The van der Waals surface area contributed by atoms with Crippen LogP contribution in [0.4, 0.5) is 4.39 Å². The van der Waals surface area contributed by atoms with Crippen LogP contribution in [0.1, 0.15) is 31.9 Å². The zero-order chi connectivity index (χ0) is 14.7. The van der Waals surface area contributed by atoms with Crippen LogP contribution in [0, 0.1) is 5.82 Å². The van der Waals surface area contributed by atoms with Crippen molar-refractivity contribution >= 4 is 17.7 Å². The van der Waals surface area contributed by atoms with Gasteiger partial charge in [0.05, 0.1) is 12.5 Å². The average molecular weight is 297 g/mol. The van der Waals surface area contributed by atoms with Crippen molar-refractivity contribution in [3.63, 3.8) is 0 Å². The van der Waals surface area contributed by atoms with Crippen molar-refractivity contribution in [3.8, 4) is 0 Å².